The number of hydrogen-bond acceptors (Lipinski definition) is 9. The van der Waals surface area contributed by atoms with Crippen LogP contribution >= 0.6 is 0 Å². The minimum atomic E-state index is -1.53. The van der Waals surface area contributed by atoms with Gasteiger partial charge in [0, 0.05) is 13.0 Å². The average Bonchev–Trinajstić information content (AvgIpc) is 3.00. The van der Waals surface area contributed by atoms with E-state index in [0.29, 0.717) is 13.0 Å². The van der Waals surface area contributed by atoms with E-state index in [4.69, 9.17) is 18.9 Å². The van der Waals surface area contributed by atoms with Crippen LogP contribution in [0, 0.1) is 0 Å². The zero-order valence-corrected chi connectivity index (χ0v) is 27.2. The molecule has 9 heteroatoms. The number of aliphatic hydroxyl groups excluding tert-OH is 4. The van der Waals surface area contributed by atoms with Crippen LogP contribution in [0.5, 0.6) is 0 Å². The number of hydrogen-bond donors (Lipinski definition) is 4. The van der Waals surface area contributed by atoms with Gasteiger partial charge in [-0.05, 0) is 38.5 Å². The molecule has 1 fully saturated rings. The Morgan fingerprint density at radius 2 is 1.28 bits per heavy atom. The molecule has 1 rings (SSSR count). The number of aliphatic hydroxyl groups is 4. The Bertz CT molecular complexity index is 672. The zero-order valence-electron chi connectivity index (χ0n) is 27.2. The summed E-state index contributed by atoms with van der Waals surface area (Å²) in [6.45, 7) is 4.40. The molecule has 1 aliphatic heterocycles. The van der Waals surface area contributed by atoms with E-state index in [1.165, 1.54) is 77.0 Å². The van der Waals surface area contributed by atoms with Gasteiger partial charge in [0.25, 0.3) is 0 Å². The molecular weight excluding hydrogens is 552 g/mol. The van der Waals surface area contributed by atoms with E-state index >= 15 is 0 Å². The maximum atomic E-state index is 12.4. The van der Waals surface area contributed by atoms with Crippen LogP contribution in [0.4, 0.5) is 0 Å². The van der Waals surface area contributed by atoms with E-state index in [9.17, 15) is 25.2 Å². The van der Waals surface area contributed by atoms with Gasteiger partial charge in [-0.15, -0.1) is 0 Å². The molecule has 1 saturated heterocycles. The van der Waals surface area contributed by atoms with Crippen molar-refractivity contribution in [3.05, 3.63) is 12.2 Å². The van der Waals surface area contributed by atoms with Crippen molar-refractivity contribution in [1.82, 2.24) is 0 Å². The first kappa shape index (κ1) is 40.0. The maximum Gasteiger partial charge on any atom is 0.306 e. The van der Waals surface area contributed by atoms with Gasteiger partial charge in [0.2, 0.25) is 0 Å². The maximum absolute atomic E-state index is 12.4. The second kappa shape index (κ2) is 27.3. The Morgan fingerprint density at radius 1 is 0.721 bits per heavy atom. The van der Waals surface area contributed by atoms with Crippen LogP contribution in [0.15, 0.2) is 12.2 Å². The molecule has 6 unspecified atom stereocenters. The van der Waals surface area contributed by atoms with Gasteiger partial charge in [0.05, 0.1) is 19.8 Å². The number of esters is 1. The van der Waals surface area contributed by atoms with Gasteiger partial charge in [-0.2, -0.15) is 0 Å². The Balaban J connectivity index is 2.25. The molecule has 6 atom stereocenters. The molecule has 1 aliphatic rings. The predicted molar refractivity (Wildman–Crippen MR) is 169 cm³/mol. The van der Waals surface area contributed by atoms with E-state index in [-0.39, 0.29) is 19.2 Å². The summed E-state index contributed by atoms with van der Waals surface area (Å²) >= 11 is 0. The third-order valence-corrected chi connectivity index (χ3v) is 7.93. The molecule has 0 aromatic heterocycles. The fourth-order valence-electron chi connectivity index (χ4n) is 5.13. The Labute approximate surface area is 261 Å². The van der Waals surface area contributed by atoms with E-state index in [0.717, 1.165) is 38.5 Å². The summed E-state index contributed by atoms with van der Waals surface area (Å²) in [5, 5.41) is 39.6. The van der Waals surface area contributed by atoms with Crippen molar-refractivity contribution < 1.29 is 44.2 Å². The Hall–Kier alpha value is -1.07. The van der Waals surface area contributed by atoms with Gasteiger partial charge >= 0.3 is 5.97 Å². The second-order valence-corrected chi connectivity index (χ2v) is 12.0. The lowest BCUT2D eigenvalue weighted by molar-refractivity contribution is -0.305. The lowest BCUT2D eigenvalue weighted by atomic mass is 9.99. The lowest BCUT2D eigenvalue weighted by Crippen LogP contribution is -2.59. The van der Waals surface area contributed by atoms with E-state index < -0.39 is 43.4 Å². The van der Waals surface area contributed by atoms with E-state index in [1.54, 1.807) is 0 Å². The molecule has 43 heavy (non-hydrogen) atoms. The summed E-state index contributed by atoms with van der Waals surface area (Å²) in [5.41, 5.74) is 0. The SMILES string of the molecule is CCCCCCCC/C=C\CCCCCCCCOCC(COC1OC(CO)C(O)C(O)C1O)OC(=O)CCCCCC. The van der Waals surface area contributed by atoms with Gasteiger partial charge in [0.1, 0.15) is 30.5 Å². The highest BCUT2D eigenvalue weighted by Crippen LogP contribution is 2.22. The van der Waals surface area contributed by atoms with Gasteiger partial charge < -0.3 is 39.4 Å². The summed E-state index contributed by atoms with van der Waals surface area (Å²) in [5.74, 6) is -0.334. The van der Waals surface area contributed by atoms with Crippen LogP contribution in [0.3, 0.4) is 0 Å². The minimum absolute atomic E-state index is 0.114. The number of unbranched alkanes of at least 4 members (excludes halogenated alkanes) is 15. The van der Waals surface area contributed by atoms with E-state index in [2.05, 4.69) is 26.0 Å². The normalized spacial score (nSPS) is 23.2. The molecule has 1 heterocycles. The van der Waals surface area contributed by atoms with Crippen LogP contribution in [-0.4, -0.2) is 89.6 Å². The topological polar surface area (TPSA) is 135 Å². The lowest BCUT2D eigenvalue weighted by Gasteiger charge is -2.39. The predicted octanol–water partition coefficient (Wildman–Crippen LogP) is 5.74. The molecule has 0 aromatic carbocycles. The van der Waals surface area contributed by atoms with Crippen molar-refractivity contribution in [1.29, 1.82) is 0 Å². The minimum Gasteiger partial charge on any atom is -0.457 e. The van der Waals surface area contributed by atoms with Gasteiger partial charge in [-0.3, -0.25) is 4.79 Å². The monoisotopic (exact) mass is 616 g/mol. The first-order chi connectivity index (χ1) is 20.9. The van der Waals surface area contributed by atoms with E-state index in [1.807, 2.05) is 0 Å². The third-order valence-electron chi connectivity index (χ3n) is 7.93. The summed E-state index contributed by atoms with van der Waals surface area (Å²) < 4.78 is 22.4. The fourth-order valence-corrected chi connectivity index (χ4v) is 5.13. The molecule has 0 aromatic rings. The molecule has 0 bridgehead atoms. The molecule has 254 valence electrons. The number of carbonyl (C=O) groups excluding carboxylic acids is 1. The molecule has 0 aliphatic carbocycles. The number of allylic oxidation sites excluding steroid dienone is 2. The molecular formula is C34H64O9. The van der Waals surface area contributed by atoms with Crippen molar-refractivity contribution >= 4 is 5.97 Å². The first-order valence-electron chi connectivity index (χ1n) is 17.3. The Morgan fingerprint density at radius 3 is 1.88 bits per heavy atom. The molecule has 0 radical (unpaired) electrons. The number of ether oxygens (including phenoxy) is 4. The van der Waals surface area contributed by atoms with Crippen molar-refractivity contribution in [2.75, 3.05) is 26.4 Å². The van der Waals surface area contributed by atoms with Crippen LogP contribution in [0.2, 0.25) is 0 Å². The zero-order chi connectivity index (χ0) is 31.5. The van der Waals surface area contributed by atoms with Crippen LogP contribution in [0.1, 0.15) is 136 Å². The summed E-state index contributed by atoms with van der Waals surface area (Å²) in [7, 11) is 0. The summed E-state index contributed by atoms with van der Waals surface area (Å²) in [6.07, 6.45) is 18.7. The van der Waals surface area contributed by atoms with Crippen LogP contribution in [-0.2, 0) is 23.7 Å². The van der Waals surface area contributed by atoms with Gasteiger partial charge in [-0.1, -0.05) is 103 Å². The molecule has 0 saturated carbocycles. The number of rotatable bonds is 28. The van der Waals surface area contributed by atoms with Crippen molar-refractivity contribution in [2.24, 2.45) is 0 Å². The fraction of sp³-hybridized carbons (Fsp3) is 0.912. The highest BCUT2D eigenvalue weighted by atomic mass is 16.7. The molecule has 0 amide bonds. The van der Waals surface area contributed by atoms with Gasteiger partial charge in [-0.25, -0.2) is 0 Å². The molecule has 0 spiro atoms. The standard InChI is InChI=1S/C34H64O9/c1-3-5-7-9-10-11-12-13-14-15-16-17-18-19-20-22-24-40-26-28(42-30(36)23-21-8-6-4-2)27-41-34-33(39)32(38)31(37)29(25-35)43-34/h13-14,28-29,31-35,37-39H,3-12,15-27H2,1-2H3/b14-13-. The van der Waals surface area contributed by atoms with Crippen molar-refractivity contribution in [3.63, 3.8) is 0 Å². The largest absolute Gasteiger partial charge is 0.457 e. The molecule has 4 N–H and O–H groups in total. The highest BCUT2D eigenvalue weighted by Gasteiger charge is 2.44. The smallest absolute Gasteiger partial charge is 0.306 e. The second-order valence-electron chi connectivity index (χ2n) is 12.0. The summed E-state index contributed by atoms with van der Waals surface area (Å²) in [6, 6.07) is 0. The highest BCUT2D eigenvalue weighted by molar-refractivity contribution is 5.69. The summed E-state index contributed by atoms with van der Waals surface area (Å²) in [4.78, 5) is 12.4. The van der Waals surface area contributed by atoms with Crippen LogP contribution < -0.4 is 0 Å². The quantitative estimate of drug-likeness (QED) is 0.0493. The number of carbonyl (C=O) groups is 1. The first-order valence-corrected chi connectivity index (χ1v) is 17.3. The third kappa shape index (κ3) is 19.8. The Kier molecular flexibility index (Phi) is 25.3. The van der Waals surface area contributed by atoms with Crippen molar-refractivity contribution in [2.45, 2.75) is 173 Å². The van der Waals surface area contributed by atoms with Crippen molar-refractivity contribution in [3.8, 4) is 0 Å². The van der Waals surface area contributed by atoms with Gasteiger partial charge in [0.15, 0.2) is 6.29 Å². The average molecular weight is 617 g/mol. The molecule has 9 nitrogen and oxygen atoms in total. The van der Waals surface area contributed by atoms with Crippen LogP contribution in [0.25, 0.3) is 0 Å².